The van der Waals surface area contributed by atoms with Gasteiger partial charge in [0.15, 0.2) is 0 Å². The molecule has 0 saturated heterocycles. The van der Waals surface area contributed by atoms with Crippen LogP contribution in [0.15, 0.2) is 65.1 Å². The van der Waals surface area contributed by atoms with Gasteiger partial charge in [-0.05, 0) is 42.6 Å². The Morgan fingerprint density at radius 1 is 0.917 bits per heavy atom. The lowest BCUT2D eigenvalue weighted by atomic mass is 10.1. The average molecular weight is 317 g/mol. The number of hydrogen-bond acceptors (Lipinski definition) is 2. The summed E-state index contributed by atoms with van der Waals surface area (Å²) in [4.78, 5) is 2.10. The van der Waals surface area contributed by atoms with Gasteiger partial charge in [-0.25, -0.2) is 0 Å². The maximum Gasteiger partial charge on any atom is 0.381 e. The number of hydrogen-bond donors (Lipinski definition) is 0. The molecule has 4 aromatic rings. The fraction of sp³-hybridized carbons (Fsp3) is 0.190. The van der Waals surface area contributed by atoms with Crippen LogP contribution < -0.4 is 9.47 Å². The molecule has 3 aromatic carbocycles. The summed E-state index contributed by atoms with van der Waals surface area (Å²) < 4.78 is 8.58. The topological polar surface area (TPSA) is 20.3 Å². The second-order valence-corrected chi connectivity index (χ2v) is 6.23. The highest BCUT2D eigenvalue weighted by atomic mass is 16.4. The minimum Gasteiger partial charge on any atom is -0.397 e. The zero-order valence-corrected chi connectivity index (χ0v) is 14.3. The van der Waals surface area contributed by atoms with Gasteiger partial charge in [0.05, 0.1) is 5.56 Å². The molecular formula is C21H21N2O+. The lowest BCUT2D eigenvalue weighted by Gasteiger charge is -2.11. The summed E-state index contributed by atoms with van der Waals surface area (Å²) in [6.07, 6.45) is 0. The highest BCUT2D eigenvalue weighted by molar-refractivity contribution is 6.02. The van der Waals surface area contributed by atoms with E-state index >= 15 is 0 Å². The summed E-state index contributed by atoms with van der Waals surface area (Å²) >= 11 is 0. The molecule has 0 bridgehead atoms. The molecule has 0 amide bonds. The van der Waals surface area contributed by atoms with Crippen molar-refractivity contribution in [3.8, 4) is 11.5 Å². The number of oxazole rings is 1. The van der Waals surface area contributed by atoms with Crippen molar-refractivity contribution < 1.29 is 8.98 Å². The van der Waals surface area contributed by atoms with Crippen LogP contribution in [0.5, 0.6) is 0 Å². The van der Waals surface area contributed by atoms with Crippen molar-refractivity contribution in [2.24, 2.45) is 0 Å². The normalized spacial score (nSPS) is 11.3. The minimum atomic E-state index is 0.871. The predicted molar refractivity (Wildman–Crippen MR) is 99.4 cm³/mol. The van der Waals surface area contributed by atoms with E-state index in [9.17, 15) is 0 Å². The molecule has 3 heteroatoms. The molecule has 0 aliphatic heterocycles. The first kappa shape index (κ1) is 14.8. The predicted octanol–water partition coefficient (Wildman–Crippen LogP) is 4.63. The molecular weight excluding hydrogens is 296 g/mol. The van der Waals surface area contributed by atoms with E-state index in [2.05, 4.69) is 91.1 Å². The van der Waals surface area contributed by atoms with Gasteiger partial charge in [-0.2, -0.15) is 4.57 Å². The molecule has 1 aromatic heterocycles. The SMILES string of the molecule is CC[n+]1c(-c2ccc(N(C)C)cc2)oc2c3ccccc3ccc21. The van der Waals surface area contributed by atoms with E-state index in [1.165, 1.54) is 11.1 Å². The minimum absolute atomic E-state index is 0.871. The Bertz CT molecular complexity index is 1010. The van der Waals surface area contributed by atoms with Crippen LogP contribution in [0.3, 0.4) is 0 Å². The molecule has 0 aliphatic carbocycles. The van der Waals surface area contributed by atoms with Crippen molar-refractivity contribution in [3.63, 3.8) is 0 Å². The van der Waals surface area contributed by atoms with Crippen molar-refractivity contribution in [1.82, 2.24) is 0 Å². The van der Waals surface area contributed by atoms with E-state index < -0.39 is 0 Å². The third-order valence-corrected chi connectivity index (χ3v) is 4.54. The first-order chi connectivity index (χ1) is 11.7. The molecule has 0 saturated carbocycles. The zero-order chi connectivity index (χ0) is 16.7. The summed E-state index contributed by atoms with van der Waals surface area (Å²) in [5.74, 6) is 0.911. The molecule has 0 spiro atoms. The summed E-state index contributed by atoms with van der Waals surface area (Å²) in [6.45, 7) is 3.03. The van der Waals surface area contributed by atoms with E-state index in [1.54, 1.807) is 0 Å². The van der Waals surface area contributed by atoms with Crippen LogP contribution in [0, 0.1) is 0 Å². The van der Waals surface area contributed by atoms with Crippen molar-refractivity contribution >= 4 is 27.6 Å². The van der Waals surface area contributed by atoms with Crippen molar-refractivity contribution in [3.05, 3.63) is 60.7 Å². The summed E-state index contributed by atoms with van der Waals surface area (Å²) in [6, 6.07) is 21.2. The number of rotatable bonds is 3. The van der Waals surface area contributed by atoms with Gasteiger partial charge >= 0.3 is 5.89 Å². The number of benzene rings is 3. The van der Waals surface area contributed by atoms with E-state index in [-0.39, 0.29) is 0 Å². The smallest absolute Gasteiger partial charge is 0.381 e. The van der Waals surface area contributed by atoms with Gasteiger partial charge in [0.1, 0.15) is 6.54 Å². The van der Waals surface area contributed by atoms with E-state index in [1.807, 2.05) is 0 Å². The molecule has 0 N–H and O–H groups in total. The molecule has 0 atom stereocenters. The van der Waals surface area contributed by atoms with Crippen LogP contribution in [0.25, 0.3) is 33.3 Å². The second kappa shape index (κ2) is 5.68. The quantitative estimate of drug-likeness (QED) is 0.514. The first-order valence-electron chi connectivity index (χ1n) is 8.31. The van der Waals surface area contributed by atoms with E-state index in [0.717, 1.165) is 34.5 Å². The first-order valence-corrected chi connectivity index (χ1v) is 8.31. The largest absolute Gasteiger partial charge is 0.397 e. The Morgan fingerprint density at radius 2 is 1.67 bits per heavy atom. The maximum atomic E-state index is 6.34. The second-order valence-electron chi connectivity index (χ2n) is 6.23. The Hall–Kier alpha value is -2.81. The molecule has 0 radical (unpaired) electrons. The van der Waals surface area contributed by atoms with Crippen molar-refractivity contribution in [2.75, 3.05) is 19.0 Å². The summed E-state index contributed by atoms with van der Waals surface area (Å²) in [5, 5.41) is 2.37. The average Bonchev–Trinajstić information content (AvgIpc) is 3.00. The Balaban J connectivity index is 1.96. The third kappa shape index (κ3) is 2.24. The standard InChI is InChI=1S/C21H21N2O/c1-4-23-19-14-11-15-7-5-6-8-18(15)20(19)24-21(23)16-9-12-17(13-10-16)22(2)3/h5-14H,4H2,1-3H3/q+1. The number of anilines is 1. The monoisotopic (exact) mass is 317 g/mol. The number of aryl methyl sites for hydroxylation is 1. The van der Waals surface area contributed by atoms with E-state index in [4.69, 9.17) is 4.42 Å². The fourth-order valence-electron chi connectivity index (χ4n) is 3.24. The number of fused-ring (bicyclic) bond motifs is 3. The van der Waals surface area contributed by atoms with Crippen molar-refractivity contribution in [2.45, 2.75) is 13.5 Å². The third-order valence-electron chi connectivity index (χ3n) is 4.54. The van der Waals surface area contributed by atoms with Crippen LogP contribution in [-0.2, 0) is 6.54 Å². The van der Waals surface area contributed by atoms with Crippen LogP contribution in [-0.4, -0.2) is 14.1 Å². The fourth-order valence-corrected chi connectivity index (χ4v) is 3.24. The number of nitrogens with zero attached hydrogens (tertiary/aromatic N) is 2. The molecule has 4 rings (SSSR count). The van der Waals surface area contributed by atoms with Gasteiger partial charge < -0.3 is 9.32 Å². The maximum absolute atomic E-state index is 6.34. The van der Waals surface area contributed by atoms with E-state index in [0.29, 0.717) is 0 Å². The molecule has 0 fully saturated rings. The van der Waals surface area contributed by atoms with Gasteiger partial charge in [0.2, 0.25) is 5.58 Å². The Kier molecular flexibility index (Phi) is 3.49. The van der Waals surface area contributed by atoms with Gasteiger partial charge in [0.25, 0.3) is 5.52 Å². The Labute approximate surface area is 141 Å². The molecule has 120 valence electrons. The van der Waals surface area contributed by atoms with Gasteiger partial charge in [0, 0.05) is 31.2 Å². The highest BCUT2D eigenvalue weighted by Crippen LogP contribution is 2.29. The summed E-state index contributed by atoms with van der Waals surface area (Å²) in [5.41, 5.74) is 4.38. The van der Waals surface area contributed by atoms with Gasteiger partial charge in [-0.1, -0.05) is 24.3 Å². The van der Waals surface area contributed by atoms with Crippen molar-refractivity contribution in [1.29, 1.82) is 0 Å². The zero-order valence-electron chi connectivity index (χ0n) is 14.3. The lowest BCUT2D eigenvalue weighted by molar-refractivity contribution is -0.660. The molecule has 0 unspecified atom stereocenters. The highest BCUT2D eigenvalue weighted by Gasteiger charge is 2.24. The molecule has 3 nitrogen and oxygen atoms in total. The van der Waals surface area contributed by atoms with Gasteiger partial charge in [-0.3, -0.25) is 0 Å². The summed E-state index contributed by atoms with van der Waals surface area (Å²) in [7, 11) is 4.10. The van der Waals surface area contributed by atoms with Crippen LogP contribution in [0.1, 0.15) is 6.92 Å². The van der Waals surface area contributed by atoms with Crippen LogP contribution >= 0.6 is 0 Å². The Morgan fingerprint density at radius 3 is 2.38 bits per heavy atom. The number of aromatic nitrogens is 1. The molecule has 0 aliphatic rings. The molecule has 1 heterocycles. The lowest BCUT2D eigenvalue weighted by Crippen LogP contribution is -2.33. The van der Waals surface area contributed by atoms with Crippen LogP contribution in [0.2, 0.25) is 0 Å². The van der Waals surface area contributed by atoms with Gasteiger partial charge in [-0.15, -0.1) is 0 Å². The molecule has 24 heavy (non-hydrogen) atoms. The van der Waals surface area contributed by atoms with Crippen LogP contribution in [0.4, 0.5) is 5.69 Å².